The molecule has 332 valence electrons. The highest BCUT2D eigenvalue weighted by atomic mass is 16.5. The first-order valence-corrected chi connectivity index (χ1v) is 22.5. The summed E-state index contributed by atoms with van der Waals surface area (Å²) in [6.45, 7) is 6.77. The van der Waals surface area contributed by atoms with Gasteiger partial charge in [0.1, 0.15) is 17.7 Å². The van der Waals surface area contributed by atoms with E-state index in [0.717, 1.165) is 99.1 Å². The molecule has 4 amide bonds. The molecule has 64 heavy (non-hydrogen) atoms. The Hall–Kier alpha value is -6.70. The van der Waals surface area contributed by atoms with Crippen molar-refractivity contribution in [2.24, 2.45) is 17.8 Å². The van der Waals surface area contributed by atoms with Crippen molar-refractivity contribution >= 4 is 45.8 Å². The number of methoxy groups -OCH3 is 2. The van der Waals surface area contributed by atoms with E-state index in [1.54, 1.807) is 0 Å². The summed E-state index contributed by atoms with van der Waals surface area (Å²) in [5.74, 6) is 1.81. The van der Waals surface area contributed by atoms with Crippen molar-refractivity contribution in [1.29, 1.82) is 0 Å². The molecule has 2 bridgehead atoms. The predicted octanol–water partition coefficient (Wildman–Crippen LogP) is 8.92. The lowest BCUT2D eigenvalue weighted by Gasteiger charge is -2.35. The number of carbonyl (C=O) groups is 4. The molecule has 6 unspecified atom stereocenters. The summed E-state index contributed by atoms with van der Waals surface area (Å²) < 4.78 is 9.47. The van der Waals surface area contributed by atoms with E-state index in [1.165, 1.54) is 14.2 Å². The third-order valence-corrected chi connectivity index (χ3v) is 13.5. The Kier molecular flexibility index (Phi) is 11.9. The molecule has 2 aliphatic heterocycles. The van der Waals surface area contributed by atoms with Crippen molar-refractivity contribution in [3.05, 3.63) is 96.7 Å². The fourth-order valence-corrected chi connectivity index (χ4v) is 10.1. The third-order valence-electron chi connectivity index (χ3n) is 13.5. The number of nitrogens with zero attached hydrogens (tertiary/aromatic N) is 4. The minimum absolute atomic E-state index is 0.0191. The number of carbonyl (C=O) groups excluding carboxylic acids is 4. The van der Waals surface area contributed by atoms with Crippen LogP contribution in [-0.2, 0) is 19.1 Å². The number of hydrogen-bond donors (Lipinski definition) is 4. The van der Waals surface area contributed by atoms with Gasteiger partial charge >= 0.3 is 12.2 Å². The molecule has 9 rings (SSSR count). The van der Waals surface area contributed by atoms with Crippen LogP contribution in [0.5, 0.6) is 0 Å². The van der Waals surface area contributed by atoms with E-state index in [2.05, 4.69) is 104 Å². The van der Waals surface area contributed by atoms with Crippen molar-refractivity contribution < 1.29 is 28.7 Å². The minimum atomic E-state index is -0.686. The number of amides is 4. The van der Waals surface area contributed by atoms with E-state index in [0.29, 0.717) is 25.4 Å². The first kappa shape index (κ1) is 42.6. The van der Waals surface area contributed by atoms with Crippen LogP contribution in [0.25, 0.3) is 55.3 Å². The summed E-state index contributed by atoms with van der Waals surface area (Å²) in [6.07, 6.45) is 5.81. The zero-order chi connectivity index (χ0) is 44.6. The highest BCUT2D eigenvalue weighted by molar-refractivity contribution is 5.91. The average molecular weight is 865 g/mol. The van der Waals surface area contributed by atoms with Crippen molar-refractivity contribution in [2.75, 3.05) is 27.3 Å². The lowest BCUT2D eigenvalue weighted by atomic mass is 9.97. The van der Waals surface area contributed by atoms with Gasteiger partial charge < -0.3 is 39.9 Å². The number of ether oxygens (including phenoxy) is 2. The number of piperidine rings is 1. The van der Waals surface area contributed by atoms with E-state index in [9.17, 15) is 19.2 Å². The Morgan fingerprint density at radius 3 is 2.17 bits per heavy atom. The van der Waals surface area contributed by atoms with Crippen LogP contribution >= 0.6 is 0 Å². The molecule has 6 aromatic rings. The topological polar surface area (TPSA) is 175 Å². The largest absolute Gasteiger partial charge is 0.453 e. The summed E-state index contributed by atoms with van der Waals surface area (Å²) in [5, 5.41) is 7.65. The lowest BCUT2D eigenvalue weighted by molar-refractivity contribution is -0.137. The zero-order valence-corrected chi connectivity index (χ0v) is 37.0. The fraction of sp³-hybridized carbons (Fsp3) is 0.400. The maximum absolute atomic E-state index is 13.7. The molecular formula is C50H56N8O6. The van der Waals surface area contributed by atoms with Gasteiger partial charge in [-0.1, -0.05) is 75.4 Å². The Morgan fingerprint density at radius 2 is 1.45 bits per heavy atom. The Balaban J connectivity index is 0.871. The van der Waals surface area contributed by atoms with Crippen LogP contribution in [0.3, 0.4) is 0 Å². The first-order chi connectivity index (χ1) is 31.0. The van der Waals surface area contributed by atoms with Gasteiger partial charge in [-0.15, -0.1) is 0 Å². The van der Waals surface area contributed by atoms with E-state index in [1.807, 2.05) is 31.9 Å². The van der Waals surface area contributed by atoms with Gasteiger partial charge in [0.05, 0.1) is 49.2 Å². The van der Waals surface area contributed by atoms with E-state index < -0.39 is 18.2 Å². The van der Waals surface area contributed by atoms with Crippen molar-refractivity contribution in [3.8, 4) is 33.5 Å². The molecule has 4 heterocycles. The van der Waals surface area contributed by atoms with Gasteiger partial charge in [-0.2, -0.15) is 0 Å². The molecular weight excluding hydrogens is 809 g/mol. The molecule has 3 aliphatic rings. The summed E-state index contributed by atoms with van der Waals surface area (Å²) in [5.41, 5.74) is 8.13. The molecule has 4 N–H and O–H groups in total. The SMILES string of the molecule is COC(=O)NCC(C)CC(=O)N1C2CCC(C2)C1c1nc2ccc(-c3ccc(-c4ccc5cc(-c6cnc(C7CCCN7C(=O)C(NC(=O)OC)C(C)C)[nH]6)ccc5c4)cc3)cc2[nH]1. The Morgan fingerprint density at radius 1 is 0.781 bits per heavy atom. The van der Waals surface area contributed by atoms with Crippen LogP contribution < -0.4 is 10.6 Å². The van der Waals surface area contributed by atoms with E-state index in [4.69, 9.17) is 19.4 Å². The number of aromatic amines is 2. The van der Waals surface area contributed by atoms with E-state index in [-0.39, 0.29) is 41.8 Å². The molecule has 14 heteroatoms. The second-order valence-electron chi connectivity index (χ2n) is 18.1. The highest BCUT2D eigenvalue weighted by Crippen LogP contribution is 2.50. The number of H-pyrrole nitrogens is 2. The number of likely N-dealkylation sites (tertiary alicyclic amines) is 2. The highest BCUT2D eigenvalue weighted by Gasteiger charge is 2.50. The summed E-state index contributed by atoms with van der Waals surface area (Å²) in [6, 6.07) is 27.1. The number of aromatic nitrogens is 4. The molecule has 1 saturated carbocycles. The molecule has 0 radical (unpaired) electrons. The number of benzene rings is 4. The number of fused-ring (bicyclic) bond motifs is 4. The number of alkyl carbamates (subject to hydrolysis) is 2. The normalized spacial score (nSPS) is 20.2. The van der Waals surface area contributed by atoms with Gasteiger partial charge in [0.15, 0.2) is 0 Å². The molecule has 2 aromatic heterocycles. The standard InChI is InChI=1S/C50H56N8O6/c1-28(2)44(56-50(62)64-5)48(60)57-20-6-7-42(57)46-51-27-41(55-46)36-15-14-33-22-32(12-13-34(33)23-36)30-8-10-31(11-9-30)35-17-19-39-40(25-35)54-47(53-39)45-37-16-18-38(24-37)58(45)43(59)21-29(3)26-52-49(61)63-4/h8-15,17,19,22-23,25,27-29,37-38,42,44-45H,6-7,16,18,20-21,24,26H2,1-5H3,(H,51,55)(H,52,61)(H,53,54)(H,56,62). The van der Waals surface area contributed by atoms with Gasteiger partial charge in [0.2, 0.25) is 11.8 Å². The third kappa shape index (κ3) is 8.40. The number of hydrogen-bond acceptors (Lipinski definition) is 8. The van der Waals surface area contributed by atoms with Crippen LogP contribution in [0.2, 0.25) is 0 Å². The van der Waals surface area contributed by atoms with Crippen molar-refractivity contribution in [3.63, 3.8) is 0 Å². The molecule has 1 aliphatic carbocycles. The predicted molar refractivity (Wildman–Crippen MR) is 245 cm³/mol. The molecule has 14 nitrogen and oxygen atoms in total. The van der Waals surface area contributed by atoms with Crippen LogP contribution in [0, 0.1) is 17.8 Å². The van der Waals surface area contributed by atoms with Crippen molar-refractivity contribution in [1.82, 2.24) is 40.4 Å². The fourth-order valence-electron chi connectivity index (χ4n) is 10.1. The number of nitrogens with one attached hydrogen (secondary N) is 4. The summed E-state index contributed by atoms with van der Waals surface area (Å²) in [7, 11) is 2.63. The Bertz CT molecular complexity index is 2710. The molecule has 4 aromatic carbocycles. The van der Waals surface area contributed by atoms with Gasteiger partial charge in [-0.05, 0) is 107 Å². The second-order valence-corrected chi connectivity index (χ2v) is 18.1. The zero-order valence-electron chi connectivity index (χ0n) is 37.0. The van der Waals surface area contributed by atoms with Gasteiger partial charge in [-0.3, -0.25) is 9.59 Å². The minimum Gasteiger partial charge on any atom is -0.453 e. The maximum atomic E-state index is 13.7. The molecule has 6 atom stereocenters. The molecule has 2 saturated heterocycles. The molecule has 3 fully saturated rings. The van der Waals surface area contributed by atoms with Gasteiger partial charge in [0.25, 0.3) is 0 Å². The first-order valence-electron chi connectivity index (χ1n) is 22.5. The quantitative estimate of drug-likeness (QED) is 0.0944. The lowest BCUT2D eigenvalue weighted by Crippen LogP contribution is -2.51. The van der Waals surface area contributed by atoms with Gasteiger partial charge in [0, 0.05) is 31.1 Å². The second kappa shape index (κ2) is 17.8. The Labute approximate surface area is 372 Å². The monoisotopic (exact) mass is 864 g/mol. The van der Waals surface area contributed by atoms with Crippen LogP contribution in [0.15, 0.2) is 85.1 Å². The van der Waals surface area contributed by atoms with Crippen LogP contribution in [0.4, 0.5) is 9.59 Å². The van der Waals surface area contributed by atoms with Crippen molar-refractivity contribution in [2.45, 2.75) is 83.5 Å². The van der Waals surface area contributed by atoms with E-state index >= 15 is 0 Å². The summed E-state index contributed by atoms with van der Waals surface area (Å²) in [4.78, 5) is 71.6. The summed E-state index contributed by atoms with van der Waals surface area (Å²) >= 11 is 0. The molecule has 0 spiro atoms. The number of rotatable bonds is 12. The van der Waals surface area contributed by atoms with Gasteiger partial charge in [-0.25, -0.2) is 19.6 Å². The smallest absolute Gasteiger partial charge is 0.407 e. The average Bonchev–Trinajstić information content (AvgIpc) is 4.18. The number of imidazole rings is 2. The van der Waals surface area contributed by atoms with Crippen LogP contribution in [0.1, 0.15) is 83.0 Å². The maximum Gasteiger partial charge on any atom is 0.407 e. The van der Waals surface area contributed by atoms with Crippen LogP contribution in [-0.4, -0.2) is 93.1 Å².